The van der Waals surface area contributed by atoms with E-state index in [2.05, 4.69) is 34.0 Å². The first-order valence-corrected chi connectivity index (χ1v) is 11.6. The van der Waals surface area contributed by atoms with E-state index in [1.54, 1.807) is 24.1 Å². The Morgan fingerprint density at radius 2 is 1.82 bits per heavy atom. The van der Waals surface area contributed by atoms with Gasteiger partial charge in [0.25, 0.3) is 5.56 Å². The summed E-state index contributed by atoms with van der Waals surface area (Å²) in [4.78, 5) is 24.3. The summed E-state index contributed by atoms with van der Waals surface area (Å²) >= 11 is 0. The molecule has 8 nitrogen and oxygen atoms in total. The number of aromatic nitrogens is 3. The van der Waals surface area contributed by atoms with Gasteiger partial charge in [0.2, 0.25) is 0 Å². The molecule has 3 aromatic heterocycles. The van der Waals surface area contributed by atoms with Crippen molar-refractivity contribution < 1.29 is 9.47 Å². The predicted octanol–water partition coefficient (Wildman–Crippen LogP) is 4.03. The average Bonchev–Trinajstić information content (AvgIpc) is 2.82. The quantitative estimate of drug-likeness (QED) is 0.443. The fourth-order valence-electron chi connectivity index (χ4n) is 3.68. The van der Waals surface area contributed by atoms with Crippen LogP contribution in [0.5, 0.6) is 5.75 Å². The van der Waals surface area contributed by atoms with E-state index in [4.69, 9.17) is 9.47 Å². The van der Waals surface area contributed by atoms with Crippen molar-refractivity contribution in [3.8, 4) is 5.75 Å². The molecule has 0 bridgehead atoms. The number of methoxy groups -OCH3 is 1. The molecule has 0 saturated heterocycles. The third-order valence-electron chi connectivity index (χ3n) is 5.71. The molecule has 8 heteroatoms. The summed E-state index contributed by atoms with van der Waals surface area (Å²) in [7, 11) is 1.64. The minimum Gasteiger partial charge on any atom is -0.491 e. The number of rotatable bonds is 12. The third kappa shape index (κ3) is 6.30. The van der Waals surface area contributed by atoms with Gasteiger partial charge in [0.05, 0.1) is 18.3 Å². The Bertz CT molecular complexity index is 1090. The van der Waals surface area contributed by atoms with Crippen LogP contribution in [0.25, 0.3) is 10.9 Å². The molecule has 1 N–H and O–H groups in total. The van der Waals surface area contributed by atoms with Crippen LogP contribution in [-0.2, 0) is 11.3 Å². The van der Waals surface area contributed by atoms with Gasteiger partial charge in [-0.2, -0.15) is 0 Å². The maximum Gasteiger partial charge on any atom is 0.254 e. The highest BCUT2D eigenvalue weighted by atomic mass is 16.5. The van der Waals surface area contributed by atoms with Crippen LogP contribution in [0.15, 0.2) is 41.5 Å². The fraction of sp³-hybridized carbons (Fsp3) is 0.480. The second kappa shape index (κ2) is 11.8. The molecule has 3 heterocycles. The Hall–Kier alpha value is -2.97. The van der Waals surface area contributed by atoms with Crippen LogP contribution in [-0.4, -0.2) is 59.4 Å². The largest absolute Gasteiger partial charge is 0.491 e. The molecule has 0 aliphatic rings. The van der Waals surface area contributed by atoms with Crippen molar-refractivity contribution in [1.82, 2.24) is 19.4 Å². The summed E-state index contributed by atoms with van der Waals surface area (Å²) in [5, 5.41) is 4.14. The molecule has 33 heavy (non-hydrogen) atoms. The molecule has 0 spiro atoms. The van der Waals surface area contributed by atoms with E-state index < -0.39 is 0 Å². The van der Waals surface area contributed by atoms with E-state index in [1.807, 2.05) is 38.1 Å². The number of nitrogens with zero attached hydrogens (tertiary/aromatic N) is 4. The standard InChI is InChI=1S/C25H35N5O3/c1-6-29(7-2)10-13-33-20-8-9-23(27-17-20)28-24-15-22-19(16-26-24)14-21(18(3)4)25(31)30(22)11-12-32-5/h8-9,14-18H,6-7,10-13H2,1-5H3,(H,26,27,28). The molecule has 178 valence electrons. The second-order valence-electron chi connectivity index (χ2n) is 8.21. The predicted molar refractivity (Wildman–Crippen MR) is 133 cm³/mol. The van der Waals surface area contributed by atoms with Crippen molar-refractivity contribution in [3.63, 3.8) is 0 Å². The normalized spacial score (nSPS) is 11.5. The van der Waals surface area contributed by atoms with Crippen molar-refractivity contribution in [2.75, 3.05) is 45.3 Å². The zero-order chi connectivity index (χ0) is 23.8. The average molecular weight is 454 g/mol. The highest BCUT2D eigenvalue weighted by molar-refractivity contribution is 5.82. The van der Waals surface area contributed by atoms with Crippen LogP contribution in [0, 0.1) is 0 Å². The zero-order valence-electron chi connectivity index (χ0n) is 20.3. The van der Waals surface area contributed by atoms with Gasteiger partial charge < -0.3 is 24.3 Å². The summed E-state index contributed by atoms with van der Waals surface area (Å²) in [5.41, 5.74) is 1.60. The smallest absolute Gasteiger partial charge is 0.254 e. The topological polar surface area (TPSA) is 81.5 Å². The molecule has 0 saturated carbocycles. The van der Waals surface area contributed by atoms with Gasteiger partial charge in [-0.3, -0.25) is 4.79 Å². The van der Waals surface area contributed by atoms with Gasteiger partial charge in [0, 0.05) is 43.4 Å². The number of hydrogen-bond donors (Lipinski definition) is 1. The van der Waals surface area contributed by atoms with Crippen LogP contribution in [0.3, 0.4) is 0 Å². The van der Waals surface area contributed by atoms with Gasteiger partial charge >= 0.3 is 0 Å². The number of nitrogens with one attached hydrogen (secondary N) is 1. The van der Waals surface area contributed by atoms with E-state index in [-0.39, 0.29) is 11.5 Å². The molecule has 0 radical (unpaired) electrons. The maximum atomic E-state index is 13.0. The van der Waals surface area contributed by atoms with E-state index in [1.165, 1.54) is 0 Å². The number of anilines is 2. The summed E-state index contributed by atoms with van der Waals surface area (Å²) < 4.78 is 12.8. The molecule has 0 amide bonds. The molecule has 3 aromatic rings. The Morgan fingerprint density at radius 3 is 2.45 bits per heavy atom. The number of likely N-dealkylation sites (N-methyl/N-ethyl adjacent to an activating group) is 1. The van der Waals surface area contributed by atoms with E-state index in [9.17, 15) is 4.79 Å². The number of pyridine rings is 3. The Balaban J connectivity index is 1.77. The zero-order valence-corrected chi connectivity index (χ0v) is 20.3. The highest BCUT2D eigenvalue weighted by Crippen LogP contribution is 2.22. The van der Waals surface area contributed by atoms with E-state index in [0.717, 1.165) is 41.9 Å². The van der Waals surface area contributed by atoms with Crippen molar-refractivity contribution >= 4 is 22.5 Å². The SMILES string of the molecule is CCN(CC)CCOc1ccc(Nc2cc3c(cn2)cc(C(C)C)c(=O)n3CCOC)nc1. The molecule has 0 atom stereocenters. The number of ether oxygens (including phenoxy) is 2. The molecule has 0 aromatic carbocycles. The molecular weight excluding hydrogens is 418 g/mol. The minimum atomic E-state index is 0.0102. The van der Waals surface area contributed by atoms with Crippen LogP contribution in [0.4, 0.5) is 11.6 Å². The number of hydrogen-bond acceptors (Lipinski definition) is 7. The monoisotopic (exact) mass is 453 g/mol. The van der Waals surface area contributed by atoms with Crippen molar-refractivity contribution in [3.05, 3.63) is 52.6 Å². The molecule has 3 rings (SSSR count). The van der Waals surface area contributed by atoms with Gasteiger partial charge in [-0.05, 0) is 37.2 Å². The maximum absolute atomic E-state index is 13.0. The first-order chi connectivity index (χ1) is 16.0. The molecule has 0 fully saturated rings. The van der Waals surface area contributed by atoms with Crippen LogP contribution in [0.2, 0.25) is 0 Å². The molecular formula is C25H35N5O3. The van der Waals surface area contributed by atoms with Gasteiger partial charge in [0.1, 0.15) is 24.0 Å². The summed E-state index contributed by atoms with van der Waals surface area (Å²) in [6, 6.07) is 7.57. The molecule has 0 aliphatic carbocycles. The fourth-order valence-corrected chi connectivity index (χ4v) is 3.68. The first kappa shape index (κ1) is 24.7. The van der Waals surface area contributed by atoms with Crippen molar-refractivity contribution in [2.45, 2.75) is 40.2 Å². The van der Waals surface area contributed by atoms with Crippen molar-refractivity contribution in [1.29, 1.82) is 0 Å². The minimum absolute atomic E-state index is 0.0102. The first-order valence-electron chi connectivity index (χ1n) is 11.6. The van der Waals surface area contributed by atoms with Crippen molar-refractivity contribution in [2.24, 2.45) is 0 Å². The number of fused-ring (bicyclic) bond motifs is 1. The lowest BCUT2D eigenvalue weighted by molar-refractivity contribution is 0.187. The second-order valence-corrected chi connectivity index (χ2v) is 8.21. The van der Waals surface area contributed by atoms with Gasteiger partial charge in [0.15, 0.2) is 0 Å². The lowest BCUT2D eigenvalue weighted by Crippen LogP contribution is -2.27. The Morgan fingerprint density at radius 1 is 1.06 bits per heavy atom. The van der Waals surface area contributed by atoms with E-state index in [0.29, 0.717) is 31.4 Å². The van der Waals surface area contributed by atoms with Crippen LogP contribution >= 0.6 is 0 Å². The molecule has 0 aliphatic heterocycles. The van der Waals surface area contributed by atoms with Gasteiger partial charge in [-0.1, -0.05) is 27.7 Å². The van der Waals surface area contributed by atoms with E-state index >= 15 is 0 Å². The van der Waals surface area contributed by atoms with Crippen LogP contribution in [0.1, 0.15) is 39.2 Å². The Kier molecular flexibility index (Phi) is 8.79. The summed E-state index contributed by atoms with van der Waals surface area (Å²) in [6.07, 6.45) is 3.49. The Labute approximate surface area is 195 Å². The highest BCUT2D eigenvalue weighted by Gasteiger charge is 2.13. The summed E-state index contributed by atoms with van der Waals surface area (Å²) in [5.74, 6) is 2.13. The third-order valence-corrected chi connectivity index (χ3v) is 5.71. The van der Waals surface area contributed by atoms with Crippen LogP contribution < -0.4 is 15.6 Å². The molecule has 0 unspecified atom stereocenters. The lowest BCUT2D eigenvalue weighted by atomic mass is 10.0. The lowest BCUT2D eigenvalue weighted by Gasteiger charge is -2.18. The summed E-state index contributed by atoms with van der Waals surface area (Å²) in [6.45, 7) is 12.8. The van der Waals surface area contributed by atoms with Gasteiger partial charge in [-0.15, -0.1) is 0 Å². The van der Waals surface area contributed by atoms with Gasteiger partial charge in [-0.25, -0.2) is 9.97 Å².